The topological polar surface area (TPSA) is 87.2 Å². The van der Waals surface area contributed by atoms with Crippen LogP contribution in [0.1, 0.15) is 29.5 Å². The number of rotatable bonds is 3. The number of carbonyl (C=O) groups excluding carboxylic acids is 2. The number of carbonyl (C=O) groups is 2. The van der Waals surface area contributed by atoms with Crippen LogP contribution in [0.5, 0.6) is 0 Å². The summed E-state index contributed by atoms with van der Waals surface area (Å²) in [5.41, 5.74) is 6.23. The third-order valence-electron chi connectivity index (χ3n) is 5.15. The lowest BCUT2D eigenvalue weighted by molar-refractivity contribution is -0.138. The average molecular weight is 413 g/mol. The van der Waals surface area contributed by atoms with E-state index in [2.05, 4.69) is 0 Å². The maximum atomic E-state index is 13.3. The number of primary amides is 1. The van der Waals surface area contributed by atoms with Crippen molar-refractivity contribution in [3.63, 3.8) is 0 Å². The van der Waals surface area contributed by atoms with E-state index in [1.54, 1.807) is 24.3 Å². The lowest BCUT2D eigenvalue weighted by Crippen LogP contribution is -2.48. The van der Waals surface area contributed by atoms with Crippen molar-refractivity contribution in [2.24, 2.45) is 11.7 Å². The van der Waals surface area contributed by atoms with Gasteiger partial charge in [-0.05, 0) is 37.6 Å². The van der Waals surface area contributed by atoms with Gasteiger partial charge in [-0.15, -0.1) is 0 Å². The van der Waals surface area contributed by atoms with Gasteiger partial charge in [0.2, 0.25) is 11.8 Å². The van der Waals surface area contributed by atoms with Gasteiger partial charge >= 0.3 is 6.18 Å². The number of alkyl halides is 3. The SMILES string of the molecule is CC1=C(C#N)C(c2ccc(C)cc2)C(C(N)=O)C(=O)N1c1cccc(C(F)(F)F)c1. The van der Waals surface area contributed by atoms with Crippen LogP contribution in [0.2, 0.25) is 0 Å². The number of allylic oxidation sites excluding steroid dienone is 2. The molecule has 0 saturated heterocycles. The summed E-state index contributed by atoms with van der Waals surface area (Å²) >= 11 is 0. The third-order valence-corrected chi connectivity index (χ3v) is 5.15. The third kappa shape index (κ3) is 3.66. The van der Waals surface area contributed by atoms with Crippen LogP contribution in [-0.2, 0) is 15.8 Å². The smallest absolute Gasteiger partial charge is 0.369 e. The molecule has 0 radical (unpaired) electrons. The standard InChI is InChI=1S/C22H18F3N3O2/c1-12-6-8-14(9-7-12)18-17(11-26)13(2)28(21(30)19(18)20(27)29)16-5-3-4-15(10-16)22(23,24)25/h3-10,18-19H,1-2H3,(H2,27,29). The van der Waals surface area contributed by atoms with Crippen molar-refractivity contribution in [3.05, 3.63) is 76.5 Å². The van der Waals surface area contributed by atoms with Gasteiger partial charge in [-0.2, -0.15) is 18.4 Å². The summed E-state index contributed by atoms with van der Waals surface area (Å²) < 4.78 is 39.5. The quantitative estimate of drug-likeness (QED) is 0.771. The van der Waals surface area contributed by atoms with Gasteiger partial charge in [0, 0.05) is 17.3 Å². The molecule has 2 aromatic rings. The molecule has 30 heavy (non-hydrogen) atoms. The first-order valence-electron chi connectivity index (χ1n) is 9.04. The highest BCUT2D eigenvalue weighted by molar-refractivity contribution is 6.11. The number of amides is 2. The van der Waals surface area contributed by atoms with Crippen LogP contribution in [0, 0.1) is 24.2 Å². The van der Waals surface area contributed by atoms with E-state index >= 15 is 0 Å². The van der Waals surface area contributed by atoms with Crippen molar-refractivity contribution >= 4 is 17.5 Å². The van der Waals surface area contributed by atoms with E-state index in [1.165, 1.54) is 13.0 Å². The van der Waals surface area contributed by atoms with Gasteiger partial charge in [0.05, 0.1) is 17.2 Å². The summed E-state index contributed by atoms with van der Waals surface area (Å²) in [7, 11) is 0. The first-order chi connectivity index (χ1) is 14.1. The van der Waals surface area contributed by atoms with E-state index in [0.29, 0.717) is 5.56 Å². The molecule has 2 N–H and O–H groups in total. The van der Waals surface area contributed by atoms with Gasteiger partial charge in [0.15, 0.2) is 0 Å². The highest BCUT2D eigenvalue weighted by Crippen LogP contribution is 2.42. The summed E-state index contributed by atoms with van der Waals surface area (Å²) in [6.07, 6.45) is -4.61. The van der Waals surface area contributed by atoms with Gasteiger partial charge in [-0.25, -0.2) is 0 Å². The average Bonchev–Trinajstić information content (AvgIpc) is 2.67. The molecule has 2 aromatic carbocycles. The van der Waals surface area contributed by atoms with Crippen LogP contribution in [0.3, 0.4) is 0 Å². The fourth-order valence-electron chi connectivity index (χ4n) is 3.67. The molecule has 3 rings (SSSR count). The lowest BCUT2D eigenvalue weighted by Gasteiger charge is -2.37. The number of anilines is 1. The fraction of sp³-hybridized carbons (Fsp3) is 0.227. The first kappa shape index (κ1) is 21.1. The van der Waals surface area contributed by atoms with Gasteiger partial charge in [-0.1, -0.05) is 35.9 Å². The van der Waals surface area contributed by atoms with E-state index in [9.17, 15) is 28.0 Å². The molecule has 2 unspecified atom stereocenters. The normalized spacial score (nSPS) is 19.6. The summed E-state index contributed by atoms with van der Waals surface area (Å²) in [5.74, 6) is -4.07. The summed E-state index contributed by atoms with van der Waals surface area (Å²) in [4.78, 5) is 26.5. The van der Waals surface area contributed by atoms with Crippen LogP contribution >= 0.6 is 0 Å². The Morgan fingerprint density at radius 2 is 1.77 bits per heavy atom. The second-order valence-corrected chi connectivity index (χ2v) is 7.10. The lowest BCUT2D eigenvalue weighted by atomic mass is 9.76. The van der Waals surface area contributed by atoms with Crippen molar-refractivity contribution < 1.29 is 22.8 Å². The number of hydrogen-bond donors (Lipinski definition) is 1. The fourth-order valence-corrected chi connectivity index (χ4v) is 3.67. The molecule has 2 atom stereocenters. The van der Waals surface area contributed by atoms with Gasteiger partial charge in [0.25, 0.3) is 0 Å². The number of nitrogens with two attached hydrogens (primary N) is 1. The number of halogens is 3. The second kappa shape index (κ2) is 7.67. The van der Waals surface area contributed by atoms with Crippen molar-refractivity contribution in [3.8, 4) is 6.07 Å². The summed E-state index contributed by atoms with van der Waals surface area (Å²) in [6.45, 7) is 3.33. The molecule has 0 aromatic heterocycles. The minimum atomic E-state index is -4.61. The van der Waals surface area contributed by atoms with Crippen LogP contribution < -0.4 is 10.6 Å². The molecule has 5 nitrogen and oxygen atoms in total. The van der Waals surface area contributed by atoms with E-state index in [0.717, 1.165) is 28.7 Å². The molecule has 1 aliphatic heterocycles. The van der Waals surface area contributed by atoms with Crippen LogP contribution in [0.25, 0.3) is 0 Å². The Labute approximate surface area is 171 Å². The van der Waals surface area contributed by atoms with Crippen molar-refractivity contribution in [2.45, 2.75) is 25.9 Å². The summed E-state index contributed by atoms with van der Waals surface area (Å²) in [5, 5.41) is 9.80. The Balaban J connectivity index is 2.22. The van der Waals surface area contributed by atoms with Crippen LogP contribution in [0.15, 0.2) is 59.8 Å². The van der Waals surface area contributed by atoms with Crippen molar-refractivity contribution in [1.82, 2.24) is 0 Å². The molecule has 0 saturated carbocycles. The first-order valence-corrected chi connectivity index (χ1v) is 9.04. The zero-order valence-corrected chi connectivity index (χ0v) is 16.2. The summed E-state index contributed by atoms with van der Waals surface area (Å²) in [6, 6.07) is 13.1. The predicted molar refractivity (Wildman–Crippen MR) is 104 cm³/mol. The van der Waals surface area contributed by atoms with Crippen molar-refractivity contribution in [1.29, 1.82) is 5.26 Å². The highest BCUT2D eigenvalue weighted by atomic mass is 19.4. The van der Waals surface area contributed by atoms with Gasteiger partial charge < -0.3 is 5.73 Å². The monoisotopic (exact) mass is 413 g/mol. The molecule has 154 valence electrons. The number of aryl methyl sites for hydroxylation is 1. The Morgan fingerprint density at radius 1 is 1.13 bits per heavy atom. The molecule has 0 fully saturated rings. The largest absolute Gasteiger partial charge is 0.416 e. The molecule has 8 heteroatoms. The van der Waals surface area contributed by atoms with Gasteiger partial charge in [-0.3, -0.25) is 14.5 Å². The molecule has 1 aliphatic rings. The van der Waals surface area contributed by atoms with E-state index in [1.807, 2.05) is 13.0 Å². The van der Waals surface area contributed by atoms with E-state index < -0.39 is 35.4 Å². The minimum Gasteiger partial charge on any atom is -0.369 e. The Kier molecular flexibility index (Phi) is 5.40. The number of benzene rings is 2. The number of nitrogens with zero attached hydrogens (tertiary/aromatic N) is 2. The van der Waals surface area contributed by atoms with E-state index in [4.69, 9.17) is 5.73 Å². The van der Waals surface area contributed by atoms with Crippen LogP contribution in [-0.4, -0.2) is 11.8 Å². The predicted octanol–water partition coefficient (Wildman–Crippen LogP) is 4.04. The van der Waals surface area contributed by atoms with Gasteiger partial charge in [0.1, 0.15) is 5.92 Å². The molecular weight excluding hydrogens is 395 g/mol. The zero-order chi connectivity index (χ0) is 22.2. The van der Waals surface area contributed by atoms with E-state index in [-0.39, 0.29) is 17.0 Å². The highest BCUT2D eigenvalue weighted by Gasteiger charge is 2.46. The zero-order valence-electron chi connectivity index (χ0n) is 16.2. The molecule has 2 amide bonds. The molecule has 0 aliphatic carbocycles. The Morgan fingerprint density at radius 3 is 2.30 bits per heavy atom. The molecule has 0 spiro atoms. The minimum absolute atomic E-state index is 0.0892. The number of nitriles is 1. The second-order valence-electron chi connectivity index (χ2n) is 7.10. The Hall–Kier alpha value is -3.60. The van der Waals surface area contributed by atoms with Crippen LogP contribution in [0.4, 0.5) is 18.9 Å². The molecular formula is C22H18F3N3O2. The van der Waals surface area contributed by atoms with Crippen molar-refractivity contribution in [2.75, 3.05) is 4.90 Å². The number of hydrogen-bond acceptors (Lipinski definition) is 3. The molecule has 1 heterocycles. The Bertz CT molecular complexity index is 1080. The maximum Gasteiger partial charge on any atom is 0.416 e. The maximum absolute atomic E-state index is 13.3. The molecule has 0 bridgehead atoms.